The van der Waals surface area contributed by atoms with Crippen molar-refractivity contribution in [3.8, 4) is 5.75 Å². The molecule has 0 saturated carbocycles. The molecule has 0 bridgehead atoms. The van der Waals surface area contributed by atoms with Gasteiger partial charge in [-0.3, -0.25) is 4.79 Å². The number of carbonyl (C=O) groups is 1. The molecule has 0 unspecified atom stereocenters. The Hall–Kier alpha value is -3.01. The molecule has 4 heteroatoms. The summed E-state index contributed by atoms with van der Waals surface area (Å²) in [5.74, 6) is 0.917. The van der Waals surface area contributed by atoms with Gasteiger partial charge in [0.05, 0.1) is 6.61 Å². The Kier molecular flexibility index (Phi) is 6.31. The van der Waals surface area contributed by atoms with Crippen LogP contribution in [-0.2, 0) is 11.3 Å². The molecule has 0 aliphatic rings. The van der Waals surface area contributed by atoms with Crippen molar-refractivity contribution in [3.05, 3.63) is 72.3 Å². The first-order valence-electron chi connectivity index (χ1n) is 9.27. The summed E-state index contributed by atoms with van der Waals surface area (Å²) >= 11 is 0. The van der Waals surface area contributed by atoms with E-state index in [-0.39, 0.29) is 5.91 Å². The number of nitrogens with zero attached hydrogens (tertiary/aromatic N) is 1. The maximum Gasteiger partial charge on any atom is 0.220 e. The highest BCUT2D eigenvalue weighted by Crippen LogP contribution is 2.25. The van der Waals surface area contributed by atoms with Gasteiger partial charge >= 0.3 is 0 Å². The Morgan fingerprint density at radius 3 is 2.63 bits per heavy atom. The van der Waals surface area contributed by atoms with Gasteiger partial charge in [-0.25, -0.2) is 0 Å². The maximum atomic E-state index is 12.1. The topological polar surface area (TPSA) is 41.6 Å². The highest BCUT2D eigenvalue weighted by molar-refractivity contribution is 5.88. The predicted molar refractivity (Wildman–Crippen MR) is 111 cm³/mol. The summed E-state index contributed by atoms with van der Waals surface area (Å²) in [6.45, 7) is 1.07. The fourth-order valence-electron chi connectivity index (χ4n) is 2.97. The molecule has 0 aliphatic carbocycles. The van der Waals surface area contributed by atoms with E-state index in [0.29, 0.717) is 26.0 Å². The van der Waals surface area contributed by atoms with Crippen LogP contribution < -0.4 is 15.0 Å². The number of ether oxygens (including phenoxy) is 1. The molecule has 140 valence electrons. The first-order chi connectivity index (χ1) is 13.1. The third-order valence-electron chi connectivity index (χ3n) is 4.47. The van der Waals surface area contributed by atoms with Gasteiger partial charge in [-0.1, -0.05) is 48.5 Å². The molecule has 1 N–H and O–H groups in total. The molecule has 0 spiro atoms. The quantitative estimate of drug-likeness (QED) is 0.605. The summed E-state index contributed by atoms with van der Waals surface area (Å²) < 4.78 is 5.89. The summed E-state index contributed by atoms with van der Waals surface area (Å²) in [6.07, 6.45) is 1.14. The van der Waals surface area contributed by atoms with Crippen LogP contribution in [0.5, 0.6) is 5.75 Å². The van der Waals surface area contributed by atoms with Gasteiger partial charge in [0.2, 0.25) is 5.91 Å². The zero-order chi connectivity index (χ0) is 19.1. The van der Waals surface area contributed by atoms with Gasteiger partial charge < -0.3 is 15.0 Å². The van der Waals surface area contributed by atoms with Crippen molar-refractivity contribution in [2.75, 3.05) is 25.6 Å². The average molecular weight is 362 g/mol. The summed E-state index contributed by atoms with van der Waals surface area (Å²) in [7, 11) is 4.02. The maximum absolute atomic E-state index is 12.1. The van der Waals surface area contributed by atoms with Gasteiger partial charge in [0.15, 0.2) is 0 Å². The van der Waals surface area contributed by atoms with E-state index in [1.165, 1.54) is 0 Å². The predicted octanol–water partition coefficient (Wildman–Crippen LogP) is 4.38. The van der Waals surface area contributed by atoms with E-state index in [0.717, 1.165) is 27.8 Å². The summed E-state index contributed by atoms with van der Waals surface area (Å²) in [6, 6.07) is 22.4. The smallest absolute Gasteiger partial charge is 0.220 e. The Labute approximate surface area is 160 Å². The van der Waals surface area contributed by atoms with Gasteiger partial charge in [0.25, 0.3) is 0 Å². The van der Waals surface area contributed by atoms with Crippen LogP contribution in [0.3, 0.4) is 0 Å². The minimum Gasteiger partial charge on any atom is -0.493 e. The third kappa shape index (κ3) is 5.23. The second kappa shape index (κ2) is 9.08. The van der Waals surface area contributed by atoms with Crippen LogP contribution in [0.25, 0.3) is 10.8 Å². The lowest BCUT2D eigenvalue weighted by atomic mass is 10.1. The molecule has 27 heavy (non-hydrogen) atoms. The first-order valence-corrected chi connectivity index (χ1v) is 9.27. The SMILES string of the molecule is CN(C)c1cccc(CNC(=O)CCCOc2cccc3ccccc23)c1. The number of fused-ring (bicyclic) bond motifs is 1. The standard InChI is InChI=1S/C23H26N2O2/c1-25(2)20-11-5-8-18(16-20)17-24-23(26)14-7-15-27-22-13-6-10-19-9-3-4-12-21(19)22/h3-6,8-13,16H,7,14-15,17H2,1-2H3,(H,24,26). The lowest BCUT2D eigenvalue weighted by Gasteiger charge is -2.14. The fraction of sp³-hybridized carbons (Fsp3) is 0.261. The Bertz CT molecular complexity index is 900. The Morgan fingerprint density at radius 1 is 1.00 bits per heavy atom. The van der Waals surface area contributed by atoms with Gasteiger partial charge in [-0.15, -0.1) is 0 Å². The molecular weight excluding hydrogens is 336 g/mol. The van der Waals surface area contributed by atoms with Crippen LogP contribution in [-0.4, -0.2) is 26.6 Å². The number of hydrogen-bond acceptors (Lipinski definition) is 3. The lowest BCUT2D eigenvalue weighted by Crippen LogP contribution is -2.23. The number of carbonyl (C=O) groups excluding carboxylic acids is 1. The van der Waals surface area contributed by atoms with Crippen molar-refractivity contribution >= 4 is 22.4 Å². The van der Waals surface area contributed by atoms with E-state index in [2.05, 4.69) is 40.5 Å². The zero-order valence-corrected chi connectivity index (χ0v) is 15.9. The van der Waals surface area contributed by atoms with E-state index in [4.69, 9.17) is 4.74 Å². The van der Waals surface area contributed by atoms with E-state index in [9.17, 15) is 4.79 Å². The normalized spacial score (nSPS) is 10.6. The molecular formula is C23H26N2O2. The van der Waals surface area contributed by atoms with Crippen LogP contribution in [0.1, 0.15) is 18.4 Å². The molecule has 3 aromatic carbocycles. The van der Waals surface area contributed by atoms with Crippen LogP contribution in [0.2, 0.25) is 0 Å². The second-order valence-corrected chi connectivity index (χ2v) is 6.77. The number of amides is 1. The van der Waals surface area contributed by atoms with Crippen LogP contribution in [0, 0.1) is 0 Å². The Balaban J connectivity index is 1.43. The molecule has 1 amide bonds. The molecule has 0 saturated heterocycles. The highest BCUT2D eigenvalue weighted by Gasteiger charge is 2.05. The molecule has 0 atom stereocenters. The third-order valence-corrected chi connectivity index (χ3v) is 4.47. The number of rotatable bonds is 8. The van der Waals surface area contributed by atoms with Crippen molar-refractivity contribution in [2.45, 2.75) is 19.4 Å². The summed E-state index contributed by atoms with van der Waals surface area (Å²) in [4.78, 5) is 14.1. The molecule has 0 radical (unpaired) electrons. The minimum atomic E-state index is 0.0479. The minimum absolute atomic E-state index is 0.0479. The lowest BCUT2D eigenvalue weighted by molar-refractivity contribution is -0.121. The van der Waals surface area contributed by atoms with Gasteiger partial charge in [-0.2, -0.15) is 0 Å². The average Bonchev–Trinajstić information content (AvgIpc) is 2.70. The molecule has 0 fully saturated rings. The van der Waals surface area contributed by atoms with Crippen molar-refractivity contribution in [1.82, 2.24) is 5.32 Å². The second-order valence-electron chi connectivity index (χ2n) is 6.77. The van der Waals surface area contributed by atoms with Gasteiger partial charge in [0, 0.05) is 38.1 Å². The van der Waals surface area contributed by atoms with E-state index in [1.807, 2.05) is 50.5 Å². The van der Waals surface area contributed by atoms with Crippen LogP contribution >= 0.6 is 0 Å². The van der Waals surface area contributed by atoms with Gasteiger partial charge in [-0.05, 0) is 35.6 Å². The molecule has 4 nitrogen and oxygen atoms in total. The van der Waals surface area contributed by atoms with Crippen molar-refractivity contribution in [3.63, 3.8) is 0 Å². The monoisotopic (exact) mass is 362 g/mol. The number of nitrogens with one attached hydrogen (secondary N) is 1. The number of benzene rings is 3. The van der Waals surface area contributed by atoms with E-state index < -0.39 is 0 Å². The highest BCUT2D eigenvalue weighted by atomic mass is 16.5. The van der Waals surface area contributed by atoms with E-state index in [1.54, 1.807) is 0 Å². The van der Waals surface area contributed by atoms with E-state index >= 15 is 0 Å². The van der Waals surface area contributed by atoms with Crippen molar-refractivity contribution < 1.29 is 9.53 Å². The van der Waals surface area contributed by atoms with Crippen molar-refractivity contribution in [2.24, 2.45) is 0 Å². The van der Waals surface area contributed by atoms with Crippen LogP contribution in [0.15, 0.2) is 66.7 Å². The molecule has 3 rings (SSSR count). The molecule has 3 aromatic rings. The zero-order valence-electron chi connectivity index (χ0n) is 15.9. The largest absolute Gasteiger partial charge is 0.493 e. The summed E-state index contributed by atoms with van der Waals surface area (Å²) in [5.41, 5.74) is 2.23. The number of hydrogen-bond donors (Lipinski definition) is 1. The van der Waals surface area contributed by atoms with Crippen LogP contribution in [0.4, 0.5) is 5.69 Å². The van der Waals surface area contributed by atoms with Gasteiger partial charge in [0.1, 0.15) is 5.75 Å². The molecule has 0 aromatic heterocycles. The fourth-order valence-corrected chi connectivity index (χ4v) is 2.97. The van der Waals surface area contributed by atoms with Crippen molar-refractivity contribution in [1.29, 1.82) is 0 Å². The first kappa shape index (κ1) is 18.8. The number of anilines is 1. The molecule has 0 aliphatic heterocycles. The Morgan fingerprint density at radius 2 is 1.78 bits per heavy atom. The summed E-state index contributed by atoms with van der Waals surface area (Å²) in [5, 5.41) is 5.24. The molecule has 0 heterocycles.